The Bertz CT molecular complexity index is 684. The fourth-order valence-corrected chi connectivity index (χ4v) is 2.53. The largest absolute Gasteiger partial charge is 0.475 e. The molecule has 0 radical (unpaired) electrons. The molecular formula is C17H21N5O2. The van der Waals surface area contributed by atoms with E-state index in [9.17, 15) is 4.79 Å². The van der Waals surface area contributed by atoms with Gasteiger partial charge in [0.1, 0.15) is 5.82 Å². The number of anilines is 1. The van der Waals surface area contributed by atoms with Crippen molar-refractivity contribution in [1.29, 1.82) is 0 Å². The highest BCUT2D eigenvalue weighted by Crippen LogP contribution is 2.21. The highest BCUT2D eigenvalue weighted by Gasteiger charge is 2.33. The van der Waals surface area contributed by atoms with Gasteiger partial charge in [0.25, 0.3) is 5.91 Å². The summed E-state index contributed by atoms with van der Waals surface area (Å²) in [6.07, 6.45) is 6.68. The number of hydrogen-bond donors (Lipinski definition) is 0. The number of likely N-dealkylation sites (N-methyl/N-ethyl adjacent to an activating group) is 1. The smallest absolute Gasteiger partial charge is 0.255 e. The van der Waals surface area contributed by atoms with Crippen LogP contribution in [0.2, 0.25) is 0 Å². The van der Waals surface area contributed by atoms with Gasteiger partial charge in [-0.1, -0.05) is 0 Å². The molecule has 1 fully saturated rings. The Morgan fingerprint density at radius 1 is 1.25 bits per heavy atom. The summed E-state index contributed by atoms with van der Waals surface area (Å²) in [4.78, 5) is 28.9. The van der Waals surface area contributed by atoms with E-state index in [-0.39, 0.29) is 18.1 Å². The lowest BCUT2D eigenvalue weighted by Crippen LogP contribution is -2.60. The minimum absolute atomic E-state index is 0.0395. The lowest BCUT2D eigenvalue weighted by Gasteiger charge is -2.44. The molecule has 126 valence electrons. The van der Waals surface area contributed by atoms with Crippen LogP contribution in [0, 0.1) is 0 Å². The minimum Gasteiger partial charge on any atom is -0.475 e. The van der Waals surface area contributed by atoms with Gasteiger partial charge < -0.3 is 14.5 Å². The molecule has 1 saturated heterocycles. The van der Waals surface area contributed by atoms with Gasteiger partial charge in [0.05, 0.1) is 23.9 Å². The van der Waals surface area contributed by atoms with Crippen molar-refractivity contribution in [1.82, 2.24) is 19.9 Å². The second kappa shape index (κ2) is 6.82. The normalized spacial score (nSPS) is 14.4. The Hall–Kier alpha value is -2.70. The van der Waals surface area contributed by atoms with Gasteiger partial charge >= 0.3 is 0 Å². The van der Waals surface area contributed by atoms with Crippen LogP contribution in [0.5, 0.6) is 5.88 Å². The van der Waals surface area contributed by atoms with E-state index >= 15 is 0 Å². The predicted molar refractivity (Wildman–Crippen MR) is 90.1 cm³/mol. The molecule has 0 aromatic carbocycles. The average Bonchev–Trinajstić information content (AvgIpc) is 2.54. The van der Waals surface area contributed by atoms with E-state index < -0.39 is 0 Å². The van der Waals surface area contributed by atoms with Crippen LogP contribution >= 0.6 is 0 Å². The first-order valence-electron chi connectivity index (χ1n) is 7.95. The number of hydrogen-bond acceptors (Lipinski definition) is 6. The highest BCUT2D eigenvalue weighted by molar-refractivity contribution is 5.94. The van der Waals surface area contributed by atoms with Crippen LogP contribution < -0.4 is 9.64 Å². The van der Waals surface area contributed by atoms with Crippen molar-refractivity contribution in [2.75, 3.05) is 25.0 Å². The standard InChI is InChI=1S/C17H21N5O2/c1-12(2)24-16-5-4-13(8-20-16)17(23)21(3)14-10-22(11-14)15-9-18-6-7-19-15/h4-9,12,14H,10-11H2,1-3H3. The molecule has 1 amide bonds. The maximum absolute atomic E-state index is 12.6. The number of amides is 1. The molecule has 0 bridgehead atoms. The molecule has 3 rings (SSSR count). The van der Waals surface area contributed by atoms with Crippen molar-refractivity contribution < 1.29 is 9.53 Å². The highest BCUT2D eigenvalue weighted by atomic mass is 16.5. The van der Waals surface area contributed by atoms with Crippen LogP contribution in [-0.2, 0) is 0 Å². The van der Waals surface area contributed by atoms with Gasteiger partial charge in [0.2, 0.25) is 5.88 Å². The maximum atomic E-state index is 12.6. The number of carbonyl (C=O) groups excluding carboxylic acids is 1. The minimum atomic E-state index is -0.0395. The first-order valence-corrected chi connectivity index (χ1v) is 7.95. The Morgan fingerprint density at radius 2 is 2.04 bits per heavy atom. The molecule has 0 unspecified atom stereocenters. The second-order valence-corrected chi connectivity index (χ2v) is 6.09. The summed E-state index contributed by atoms with van der Waals surface area (Å²) in [6.45, 7) is 5.38. The molecule has 3 heterocycles. The number of pyridine rings is 1. The molecule has 0 spiro atoms. The van der Waals surface area contributed by atoms with E-state index in [2.05, 4.69) is 19.9 Å². The van der Waals surface area contributed by atoms with Crippen LogP contribution in [0.4, 0.5) is 5.82 Å². The molecule has 2 aromatic heterocycles. The first kappa shape index (κ1) is 16.2. The fourth-order valence-electron chi connectivity index (χ4n) is 2.53. The van der Waals surface area contributed by atoms with E-state index in [1.54, 1.807) is 41.8 Å². The van der Waals surface area contributed by atoms with Crippen LogP contribution in [0.15, 0.2) is 36.9 Å². The van der Waals surface area contributed by atoms with Crippen molar-refractivity contribution in [3.8, 4) is 5.88 Å². The molecule has 7 nitrogen and oxygen atoms in total. The fraction of sp³-hybridized carbons (Fsp3) is 0.412. The molecule has 1 aliphatic rings. The van der Waals surface area contributed by atoms with Crippen LogP contribution in [0.3, 0.4) is 0 Å². The van der Waals surface area contributed by atoms with E-state index in [1.807, 2.05) is 20.9 Å². The quantitative estimate of drug-likeness (QED) is 0.831. The van der Waals surface area contributed by atoms with Gasteiger partial charge in [0.15, 0.2) is 0 Å². The van der Waals surface area contributed by atoms with Gasteiger partial charge in [0, 0.05) is 44.8 Å². The van der Waals surface area contributed by atoms with E-state index in [0.29, 0.717) is 11.4 Å². The van der Waals surface area contributed by atoms with E-state index in [4.69, 9.17) is 4.74 Å². The van der Waals surface area contributed by atoms with Gasteiger partial charge in [-0.2, -0.15) is 0 Å². The number of rotatable bonds is 5. The maximum Gasteiger partial charge on any atom is 0.255 e. The lowest BCUT2D eigenvalue weighted by molar-refractivity contribution is 0.0704. The number of ether oxygens (including phenoxy) is 1. The Balaban J connectivity index is 1.58. The zero-order valence-electron chi connectivity index (χ0n) is 14.1. The topological polar surface area (TPSA) is 71.5 Å². The summed E-state index contributed by atoms with van der Waals surface area (Å²) in [5.41, 5.74) is 0.562. The number of carbonyl (C=O) groups is 1. The van der Waals surface area contributed by atoms with Gasteiger partial charge in [-0.05, 0) is 19.9 Å². The van der Waals surface area contributed by atoms with Crippen LogP contribution in [-0.4, -0.2) is 58.0 Å². The molecule has 24 heavy (non-hydrogen) atoms. The van der Waals surface area contributed by atoms with Crippen molar-refractivity contribution in [3.63, 3.8) is 0 Å². The molecule has 0 atom stereocenters. The zero-order chi connectivity index (χ0) is 17.1. The summed E-state index contributed by atoms with van der Waals surface area (Å²) in [6, 6.07) is 3.64. The molecule has 0 saturated carbocycles. The predicted octanol–water partition coefficient (Wildman–Crippen LogP) is 1.62. The molecular weight excluding hydrogens is 306 g/mol. The van der Waals surface area contributed by atoms with E-state index in [1.165, 1.54) is 0 Å². The van der Waals surface area contributed by atoms with Crippen molar-refractivity contribution in [2.24, 2.45) is 0 Å². The molecule has 2 aromatic rings. The Labute approximate surface area is 141 Å². The third-order valence-corrected chi connectivity index (χ3v) is 3.94. The summed E-state index contributed by atoms with van der Waals surface area (Å²) in [7, 11) is 1.82. The third-order valence-electron chi connectivity index (χ3n) is 3.94. The third kappa shape index (κ3) is 3.45. The summed E-state index contributed by atoms with van der Waals surface area (Å²) in [5.74, 6) is 1.33. The first-order chi connectivity index (χ1) is 11.5. The Morgan fingerprint density at radius 3 is 2.62 bits per heavy atom. The van der Waals surface area contributed by atoms with Gasteiger partial charge in [-0.25, -0.2) is 9.97 Å². The van der Waals surface area contributed by atoms with Crippen molar-refractivity contribution in [3.05, 3.63) is 42.5 Å². The van der Waals surface area contributed by atoms with Crippen molar-refractivity contribution >= 4 is 11.7 Å². The molecule has 1 aliphatic heterocycles. The second-order valence-electron chi connectivity index (χ2n) is 6.09. The van der Waals surface area contributed by atoms with Gasteiger partial charge in [-0.3, -0.25) is 9.78 Å². The lowest BCUT2D eigenvalue weighted by atomic mass is 10.1. The molecule has 7 heteroatoms. The number of aromatic nitrogens is 3. The van der Waals surface area contributed by atoms with Crippen LogP contribution in [0.1, 0.15) is 24.2 Å². The molecule has 0 N–H and O–H groups in total. The summed E-state index contributed by atoms with van der Waals surface area (Å²) >= 11 is 0. The molecule has 0 aliphatic carbocycles. The number of nitrogens with zero attached hydrogens (tertiary/aromatic N) is 5. The monoisotopic (exact) mass is 327 g/mol. The average molecular weight is 327 g/mol. The zero-order valence-corrected chi connectivity index (χ0v) is 14.1. The van der Waals surface area contributed by atoms with Crippen LogP contribution in [0.25, 0.3) is 0 Å². The van der Waals surface area contributed by atoms with Gasteiger partial charge in [-0.15, -0.1) is 0 Å². The van der Waals surface area contributed by atoms with E-state index in [0.717, 1.165) is 18.9 Å². The SMILES string of the molecule is CC(C)Oc1ccc(C(=O)N(C)C2CN(c3cnccn3)C2)cn1. The Kier molecular flexibility index (Phi) is 4.59. The van der Waals surface area contributed by atoms with Crippen molar-refractivity contribution in [2.45, 2.75) is 26.0 Å². The summed E-state index contributed by atoms with van der Waals surface area (Å²) < 4.78 is 5.50. The summed E-state index contributed by atoms with van der Waals surface area (Å²) in [5, 5.41) is 0.